The molecule has 0 amide bonds. The van der Waals surface area contributed by atoms with Crippen LogP contribution in [0.15, 0.2) is 66.0 Å². The molecule has 0 radical (unpaired) electrons. The smallest absolute Gasteiger partial charge is 0.0352 e. The molecule has 0 unspecified atom stereocenters. The summed E-state index contributed by atoms with van der Waals surface area (Å²) in [5, 5.41) is 13.1. The number of fused-ring (bicyclic) bond motifs is 7. The summed E-state index contributed by atoms with van der Waals surface area (Å²) < 4.78 is 2.80. The van der Waals surface area contributed by atoms with Gasteiger partial charge in [0.1, 0.15) is 0 Å². The van der Waals surface area contributed by atoms with Crippen LogP contribution in [0.4, 0.5) is 0 Å². The monoisotopic (exact) mass is 452 g/mol. The van der Waals surface area contributed by atoms with E-state index in [-0.39, 0.29) is 0 Å². The van der Waals surface area contributed by atoms with E-state index in [2.05, 4.69) is 73.0 Å². The zero-order valence-electron chi connectivity index (χ0n) is 18.6. The number of hydrogen-bond acceptors (Lipinski definition) is 2. The Bertz CT molecular complexity index is 1560. The maximum Gasteiger partial charge on any atom is 0.0352 e. The molecule has 0 atom stereocenters. The molecule has 0 aliphatic heterocycles. The van der Waals surface area contributed by atoms with Gasteiger partial charge in [0.2, 0.25) is 0 Å². The van der Waals surface area contributed by atoms with Gasteiger partial charge < -0.3 is 0 Å². The summed E-state index contributed by atoms with van der Waals surface area (Å²) in [6.07, 6.45) is 9.41. The van der Waals surface area contributed by atoms with Gasteiger partial charge in [-0.1, -0.05) is 63.3 Å². The van der Waals surface area contributed by atoms with Crippen LogP contribution in [-0.2, 0) is 6.42 Å². The molecule has 0 N–H and O–H groups in total. The Labute approximate surface area is 197 Å². The van der Waals surface area contributed by atoms with E-state index in [1.165, 1.54) is 97.4 Å². The first-order valence-corrected chi connectivity index (χ1v) is 13.7. The Kier molecular flexibility index (Phi) is 5.37. The second-order valence-corrected chi connectivity index (χ2v) is 11.2. The van der Waals surface area contributed by atoms with Gasteiger partial charge in [-0.15, -0.1) is 22.7 Å². The molecule has 0 aliphatic rings. The highest BCUT2D eigenvalue weighted by Crippen LogP contribution is 2.38. The highest BCUT2D eigenvalue weighted by molar-refractivity contribution is 7.19. The minimum atomic E-state index is 1.23. The zero-order valence-corrected chi connectivity index (χ0v) is 20.3. The van der Waals surface area contributed by atoms with Crippen molar-refractivity contribution in [1.82, 2.24) is 0 Å². The molecule has 0 fully saturated rings. The van der Waals surface area contributed by atoms with E-state index in [4.69, 9.17) is 0 Å². The molecule has 2 heteroatoms. The first-order valence-electron chi connectivity index (χ1n) is 12.0. The minimum absolute atomic E-state index is 1.23. The van der Waals surface area contributed by atoms with E-state index in [0.29, 0.717) is 0 Å². The summed E-state index contributed by atoms with van der Waals surface area (Å²) in [6.45, 7) is 2.29. The first-order chi connectivity index (χ1) is 15.8. The van der Waals surface area contributed by atoms with E-state index >= 15 is 0 Å². The molecule has 32 heavy (non-hydrogen) atoms. The fourth-order valence-corrected chi connectivity index (χ4v) is 7.06. The zero-order chi connectivity index (χ0) is 21.5. The van der Waals surface area contributed by atoms with Gasteiger partial charge in [-0.2, -0.15) is 0 Å². The van der Waals surface area contributed by atoms with E-state index < -0.39 is 0 Å². The van der Waals surface area contributed by atoms with Gasteiger partial charge >= 0.3 is 0 Å². The number of thiophene rings is 2. The molecular weight excluding hydrogens is 424 g/mol. The van der Waals surface area contributed by atoms with Crippen LogP contribution in [-0.4, -0.2) is 0 Å². The van der Waals surface area contributed by atoms with Crippen molar-refractivity contribution in [3.8, 4) is 0 Å². The summed E-state index contributed by atoms with van der Waals surface area (Å²) in [7, 11) is 0. The molecular formula is C30H28S2. The molecule has 0 spiro atoms. The Balaban J connectivity index is 1.38. The molecule has 4 aromatic carbocycles. The summed E-state index contributed by atoms with van der Waals surface area (Å²) >= 11 is 3.83. The predicted molar refractivity (Wildman–Crippen MR) is 147 cm³/mol. The highest BCUT2D eigenvalue weighted by Gasteiger charge is 2.09. The van der Waals surface area contributed by atoms with Gasteiger partial charge in [0.15, 0.2) is 0 Å². The van der Waals surface area contributed by atoms with Gasteiger partial charge in [0.25, 0.3) is 0 Å². The van der Waals surface area contributed by atoms with E-state index in [0.717, 1.165) is 0 Å². The quantitative estimate of drug-likeness (QED) is 0.167. The second-order valence-electron chi connectivity index (χ2n) is 9.10. The molecule has 0 saturated heterocycles. The van der Waals surface area contributed by atoms with Crippen LogP contribution < -0.4 is 0 Å². The SMILES string of the molecule is CCCCCCCCc1cc2cc3ccc4c5cc6sccc6cc5ccc4c3cc2s1. The van der Waals surface area contributed by atoms with Crippen LogP contribution in [0.25, 0.3) is 52.5 Å². The molecule has 0 nitrogen and oxygen atoms in total. The Morgan fingerprint density at radius 1 is 0.562 bits per heavy atom. The third kappa shape index (κ3) is 3.60. The average Bonchev–Trinajstić information content (AvgIpc) is 3.43. The summed E-state index contributed by atoms with van der Waals surface area (Å²) in [6, 6.07) is 23.5. The minimum Gasteiger partial charge on any atom is -0.144 e. The lowest BCUT2D eigenvalue weighted by atomic mass is 9.96. The molecule has 2 aromatic heterocycles. The number of unbranched alkanes of at least 4 members (excludes halogenated alkanes) is 5. The van der Waals surface area contributed by atoms with Gasteiger partial charge in [0.05, 0.1) is 0 Å². The Hall–Kier alpha value is -2.42. The topological polar surface area (TPSA) is 0 Å². The van der Waals surface area contributed by atoms with E-state index in [1.54, 1.807) is 4.88 Å². The van der Waals surface area contributed by atoms with Crippen molar-refractivity contribution in [2.45, 2.75) is 51.9 Å². The van der Waals surface area contributed by atoms with Crippen LogP contribution in [0, 0.1) is 0 Å². The summed E-state index contributed by atoms with van der Waals surface area (Å²) in [5.74, 6) is 0. The molecule has 0 bridgehead atoms. The lowest BCUT2D eigenvalue weighted by Crippen LogP contribution is -1.82. The molecule has 160 valence electrons. The lowest BCUT2D eigenvalue weighted by molar-refractivity contribution is 0.609. The summed E-state index contributed by atoms with van der Waals surface area (Å²) in [4.78, 5) is 1.54. The normalized spacial score (nSPS) is 12.2. The fraction of sp³-hybridized carbons (Fsp3) is 0.267. The largest absolute Gasteiger partial charge is 0.144 e. The second kappa shape index (κ2) is 8.50. The van der Waals surface area contributed by atoms with Gasteiger partial charge in [-0.05, 0) is 97.7 Å². The van der Waals surface area contributed by atoms with Crippen molar-refractivity contribution >= 4 is 75.2 Å². The third-order valence-electron chi connectivity index (χ3n) is 6.87. The van der Waals surface area contributed by atoms with Gasteiger partial charge in [-0.25, -0.2) is 0 Å². The molecule has 2 heterocycles. The van der Waals surface area contributed by atoms with Crippen LogP contribution in [0.3, 0.4) is 0 Å². The summed E-state index contributed by atoms with van der Waals surface area (Å²) in [5.41, 5.74) is 0. The van der Waals surface area contributed by atoms with Crippen molar-refractivity contribution in [2.75, 3.05) is 0 Å². The number of rotatable bonds is 7. The predicted octanol–water partition coefficient (Wildman–Crippen LogP) is 10.5. The molecule has 6 rings (SSSR count). The van der Waals surface area contributed by atoms with Crippen LogP contribution in [0.2, 0.25) is 0 Å². The molecule has 0 aliphatic carbocycles. The lowest BCUT2D eigenvalue weighted by Gasteiger charge is -2.08. The maximum atomic E-state index is 2.44. The van der Waals surface area contributed by atoms with Crippen LogP contribution in [0.1, 0.15) is 50.3 Å². The Morgan fingerprint density at radius 3 is 2.03 bits per heavy atom. The van der Waals surface area contributed by atoms with Crippen LogP contribution in [0.5, 0.6) is 0 Å². The third-order valence-corrected chi connectivity index (χ3v) is 8.91. The highest BCUT2D eigenvalue weighted by atomic mass is 32.1. The number of hydrogen-bond donors (Lipinski definition) is 0. The van der Waals surface area contributed by atoms with Crippen molar-refractivity contribution < 1.29 is 0 Å². The van der Waals surface area contributed by atoms with Gasteiger partial charge in [-0.3, -0.25) is 0 Å². The number of benzene rings is 4. The molecule has 0 saturated carbocycles. The van der Waals surface area contributed by atoms with Crippen molar-refractivity contribution in [3.05, 3.63) is 70.9 Å². The average molecular weight is 453 g/mol. The van der Waals surface area contributed by atoms with Crippen LogP contribution >= 0.6 is 22.7 Å². The van der Waals surface area contributed by atoms with E-state index in [9.17, 15) is 0 Å². The van der Waals surface area contributed by atoms with Crippen molar-refractivity contribution in [3.63, 3.8) is 0 Å². The standard InChI is InChI=1S/C30H28S2/c1-2-3-4-5-6-7-8-24-17-23-16-21-10-12-25-26(28(21)19-30(23)32-24)11-9-20-15-22-13-14-31-29(22)18-27(20)25/h9-19H,2-8H2,1H3. The van der Waals surface area contributed by atoms with Crippen molar-refractivity contribution in [2.24, 2.45) is 0 Å². The van der Waals surface area contributed by atoms with Gasteiger partial charge in [0, 0.05) is 14.3 Å². The maximum absolute atomic E-state index is 2.44. The Morgan fingerprint density at radius 2 is 1.25 bits per heavy atom. The fourth-order valence-electron chi connectivity index (χ4n) is 5.13. The van der Waals surface area contributed by atoms with Crippen molar-refractivity contribution in [1.29, 1.82) is 0 Å². The number of aryl methyl sites for hydroxylation is 1. The van der Waals surface area contributed by atoms with E-state index in [1.807, 2.05) is 22.7 Å². The first kappa shape index (κ1) is 20.2. The molecule has 6 aromatic rings.